The molecule has 0 atom stereocenters. The first kappa shape index (κ1) is 12.3. The molecule has 0 aliphatic carbocycles. The summed E-state index contributed by atoms with van der Waals surface area (Å²) in [6.45, 7) is 11.5. The molecule has 0 fully saturated rings. The van der Waals surface area contributed by atoms with Crippen LogP contribution < -0.4 is 0 Å². The molecule has 1 aromatic carbocycles. The van der Waals surface area contributed by atoms with E-state index < -0.39 is 0 Å². The van der Waals surface area contributed by atoms with Crippen LogP contribution >= 0.6 is 0 Å². The Hall–Kier alpha value is -0.780. The van der Waals surface area contributed by atoms with Crippen molar-refractivity contribution in [3.63, 3.8) is 0 Å². The molecule has 15 heavy (non-hydrogen) atoms. The summed E-state index contributed by atoms with van der Waals surface area (Å²) in [5.41, 5.74) is 3.44. The average molecular weight is 204 g/mol. The van der Waals surface area contributed by atoms with E-state index in [4.69, 9.17) is 0 Å². The highest BCUT2D eigenvalue weighted by atomic mass is 14.2. The fourth-order valence-corrected chi connectivity index (χ4v) is 1.94. The van der Waals surface area contributed by atoms with Crippen LogP contribution in [-0.2, 0) is 12.8 Å². The predicted octanol–water partition coefficient (Wildman–Crippen LogP) is 4.47. The second-order valence-electron chi connectivity index (χ2n) is 6.10. The monoisotopic (exact) mass is 204 g/mol. The largest absolute Gasteiger partial charge is 0.0625 e. The number of hydrogen-bond acceptors (Lipinski definition) is 0. The normalized spacial score (nSPS) is 12.1. The van der Waals surface area contributed by atoms with Crippen molar-refractivity contribution in [2.45, 2.75) is 47.5 Å². The Bertz CT molecular complexity index is 302. The van der Waals surface area contributed by atoms with E-state index in [0.29, 0.717) is 5.41 Å². The minimum Gasteiger partial charge on any atom is -0.0625 e. The van der Waals surface area contributed by atoms with Crippen LogP contribution in [0.3, 0.4) is 0 Å². The van der Waals surface area contributed by atoms with Gasteiger partial charge in [-0.25, -0.2) is 0 Å². The minimum absolute atomic E-state index is 0.382. The van der Waals surface area contributed by atoms with Gasteiger partial charge < -0.3 is 0 Å². The molecular weight excluding hydrogens is 180 g/mol. The van der Waals surface area contributed by atoms with Crippen molar-refractivity contribution < 1.29 is 0 Å². The van der Waals surface area contributed by atoms with Gasteiger partial charge in [-0.15, -0.1) is 0 Å². The highest BCUT2D eigenvalue weighted by Gasteiger charge is 2.13. The lowest BCUT2D eigenvalue weighted by atomic mass is 9.85. The van der Waals surface area contributed by atoms with Gasteiger partial charge in [0, 0.05) is 0 Å². The summed E-state index contributed by atoms with van der Waals surface area (Å²) in [4.78, 5) is 0. The van der Waals surface area contributed by atoms with E-state index in [2.05, 4.69) is 58.9 Å². The van der Waals surface area contributed by atoms with Crippen molar-refractivity contribution >= 4 is 0 Å². The molecule has 0 nitrogen and oxygen atoms in total. The number of benzene rings is 1. The number of rotatable bonds is 3. The first-order valence-corrected chi connectivity index (χ1v) is 5.95. The third-order valence-corrected chi connectivity index (χ3v) is 2.47. The van der Waals surface area contributed by atoms with E-state index in [-0.39, 0.29) is 0 Å². The van der Waals surface area contributed by atoms with Crippen molar-refractivity contribution in [3.05, 3.63) is 35.4 Å². The Balaban J connectivity index is 2.86. The molecule has 0 aliphatic rings. The summed E-state index contributed by atoms with van der Waals surface area (Å²) < 4.78 is 0. The standard InChI is InChI=1S/C15H24/c1-12(2)10-13-8-6-7-9-14(13)11-15(3,4)5/h6-9,12H,10-11H2,1-5H3. The Morgan fingerprint density at radius 2 is 1.53 bits per heavy atom. The maximum atomic E-state index is 2.30. The zero-order chi connectivity index (χ0) is 11.5. The van der Waals surface area contributed by atoms with Crippen molar-refractivity contribution in [3.8, 4) is 0 Å². The summed E-state index contributed by atoms with van der Waals surface area (Å²) in [5.74, 6) is 0.742. The highest BCUT2D eigenvalue weighted by Crippen LogP contribution is 2.24. The third-order valence-electron chi connectivity index (χ3n) is 2.47. The van der Waals surface area contributed by atoms with Crippen LogP contribution in [0.15, 0.2) is 24.3 Å². The van der Waals surface area contributed by atoms with Crippen molar-refractivity contribution in [1.82, 2.24) is 0 Å². The molecule has 84 valence electrons. The van der Waals surface area contributed by atoms with Crippen LogP contribution in [0.4, 0.5) is 0 Å². The van der Waals surface area contributed by atoms with E-state index in [1.165, 1.54) is 24.0 Å². The van der Waals surface area contributed by atoms with Crippen LogP contribution in [0.1, 0.15) is 45.7 Å². The van der Waals surface area contributed by atoms with Crippen molar-refractivity contribution in [1.29, 1.82) is 0 Å². The van der Waals surface area contributed by atoms with Gasteiger partial charge in [0.15, 0.2) is 0 Å². The molecule has 0 saturated heterocycles. The maximum absolute atomic E-state index is 2.30. The van der Waals surface area contributed by atoms with E-state index >= 15 is 0 Å². The zero-order valence-electron chi connectivity index (χ0n) is 10.8. The summed E-state index contributed by atoms with van der Waals surface area (Å²) in [6.07, 6.45) is 2.38. The van der Waals surface area contributed by atoms with Gasteiger partial charge in [-0.2, -0.15) is 0 Å². The Labute approximate surface area is 94.7 Å². The predicted molar refractivity (Wildman–Crippen MR) is 68.1 cm³/mol. The van der Waals surface area contributed by atoms with E-state index in [1.807, 2.05) is 0 Å². The molecule has 0 heterocycles. The van der Waals surface area contributed by atoms with Crippen molar-refractivity contribution in [2.75, 3.05) is 0 Å². The maximum Gasteiger partial charge on any atom is -0.0227 e. The lowest BCUT2D eigenvalue weighted by Crippen LogP contribution is -2.11. The molecule has 0 spiro atoms. The molecule has 0 radical (unpaired) electrons. The van der Waals surface area contributed by atoms with Crippen LogP contribution in [0.2, 0.25) is 0 Å². The Kier molecular flexibility index (Phi) is 3.96. The fraction of sp³-hybridized carbons (Fsp3) is 0.600. The lowest BCUT2D eigenvalue weighted by Gasteiger charge is -2.21. The molecule has 0 amide bonds. The van der Waals surface area contributed by atoms with Crippen LogP contribution in [0.25, 0.3) is 0 Å². The van der Waals surface area contributed by atoms with Crippen LogP contribution in [-0.4, -0.2) is 0 Å². The SMILES string of the molecule is CC(C)Cc1ccccc1CC(C)(C)C. The molecule has 0 aromatic heterocycles. The summed E-state index contributed by atoms with van der Waals surface area (Å²) in [5, 5.41) is 0. The van der Waals surface area contributed by atoms with Gasteiger partial charge in [0.05, 0.1) is 0 Å². The molecule has 1 rings (SSSR count). The Morgan fingerprint density at radius 3 is 2.00 bits per heavy atom. The molecule has 0 aliphatic heterocycles. The first-order valence-electron chi connectivity index (χ1n) is 5.95. The quantitative estimate of drug-likeness (QED) is 0.681. The highest BCUT2D eigenvalue weighted by molar-refractivity contribution is 5.28. The smallest absolute Gasteiger partial charge is 0.0227 e. The van der Waals surface area contributed by atoms with Gasteiger partial charge >= 0.3 is 0 Å². The molecule has 0 heteroatoms. The van der Waals surface area contributed by atoms with Gasteiger partial charge in [0.1, 0.15) is 0 Å². The molecule has 0 unspecified atom stereocenters. The molecule has 0 bridgehead atoms. The molecule has 0 saturated carbocycles. The minimum atomic E-state index is 0.382. The Morgan fingerprint density at radius 1 is 1.00 bits per heavy atom. The topological polar surface area (TPSA) is 0 Å². The van der Waals surface area contributed by atoms with Crippen LogP contribution in [0.5, 0.6) is 0 Å². The van der Waals surface area contributed by atoms with Gasteiger partial charge in [-0.3, -0.25) is 0 Å². The summed E-state index contributed by atoms with van der Waals surface area (Å²) >= 11 is 0. The van der Waals surface area contributed by atoms with E-state index in [0.717, 1.165) is 5.92 Å². The lowest BCUT2D eigenvalue weighted by molar-refractivity contribution is 0.409. The van der Waals surface area contributed by atoms with Gasteiger partial charge in [-0.1, -0.05) is 58.9 Å². The van der Waals surface area contributed by atoms with Gasteiger partial charge in [0.25, 0.3) is 0 Å². The first-order chi connectivity index (χ1) is 6.88. The summed E-state index contributed by atoms with van der Waals surface area (Å²) in [6, 6.07) is 8.87. The van der Waals surface area contributed by atoms with E-state index in [9.17, 15) is 0 Å². The van der Waals surface area contributed by atoms with Crippen molar-refractivity contribution in [2.24, 2.45) is 11.3 Å². The molecular formula is C15H24. The molecule has 1 aromatic rings. The van der Waals surface area contributed by atoms with Crippen LogP contribution in [0, 0.1) is 11.3 Å². The number of hydrogen-bond donors (Lipinski definition) is 0. The fourth-order valence-electron chi connectivity index (χ4n) is 1.94. The van der Waals surface area contributed by atoms with E-state index in [1.54, 1.807) is 0 Å². The molecule has 0 N–H and O–H groups in total. The zero-order valence-corrected chi connectivity index (χ0v) is 10.8. The summed E-state index contributed by atoms with van der Waals surface area (Å²) in [7, 11) is 0. The average Bonchev–Trinajstić information content (AvgIpc) is 2.05. The van der Waals surface area contributed by atoms with Gasteiger partial charge in [-0.05, 0) is 35.3 Å². The second kappa shape index (κ2) is 4.83. The third kappa shape index (κ3) is 4.51. The second-order valence-corrected chi connectivity index (χ2v) is 6.10. The van der Waals surface area contributed by atoms with Gasteiger partial charge in [0.2, 0.25) is 0 Å².